The van der Waals surface area contributed by atoms with E-state index in [4.69, 9.17) is 0 Å². The molecule has 0 aromatic rings. The Labute approximate surface area is 167 Å². The third-order valence-electron chi connectivity index (χ3n) is 10.5. The fourth-order valence-corrected chi connectivity index (χ4v) is 11.2. The van der Waals surface area contributed by atoms with E-state index in [-0.39, 0.29) is 10.8 Å². The molecule has 154 valence electrons. The molecule has 8 rings (SSSR count). The van der Waals surface area contributed by atoms with E-state index in [1.165, 1.54) is 38.5 Å². The Morgan fingerprint density at radius 1 is 0.607 bits per heavy atom. The summed E-state index contributed by atoms with van der Waals surface area (Å²) < 4.78 is 0. The SMILES string of the molecule is O=C(O)CC12CC3CC(C1)CC(C14CC5CC(CC(CC(=O)O)(C5)C1)C4)(C3)C2. The molecule has 0 amide bonds. The molecule has 0 radical (unpaired) electrons. The molecule has 8 fully saturated rings. The van der Waals surface area contributed by atoms with Crippen LogP contribution in [0.25, 0.3) is 0 Å². The fourth-order valence-electron chi connectivity index (χ4n) is 11.2. The maximum atomic E-state index is 11.7. The summed E-state index contributed by atoms with van der Waals surface area (Å²) in [4.78, 5) is 23.5. The van der Waals surface area contributed by atoms with Crippen LogP contribution in [-0.4, -0.2) is 22.2 Å². The van der Waals surface area contributed by atoms with Crippen molar-refractivity contribution in [2.45, 2.75) is 89.9 Å². The molecule has 8 bridgehead atoms. The monoisotopic (exact) mass is 386 g/mol. The lowest BCUT2D eigenvalue weighted by molar-refractivity contribution is -0.241. The number of carbonyl (C=O) groups is 2. The molecule has 0 spiro atoms. The zero-order chi connectivity index (χ0) is 19.4. The minimum atomic E-state index is -0.607. The van der Waals surface area contributed by atoms with Crippen LogP contribution < -0.4 is 0 Å². The fraction of sp³-hybridized carbons (Fsp3) is 0.917. The maximum absolute atomic E-state index is 11.7. The number of hydrogen-bond acceptors (Lipinski definition) is 2. The van der Waals surface area contributed by atoms with Crippen LogP contribution in [0.15, 0.2) is 0 Å². The van der Waals surface area contributed by atoms with Gasteiger partial charge in [-0.1, -0.05) is 0 Å². The molecule has 28 heavy (non-hydrogen) atoms. The van der Waals surface area contributed by atoms with Crippen molar-refractivity contribution in [2.24, 2.45) is 45.3 Å². The van der Waals surface area contributed by atoms with Gasteiger partial charge in [-0.15, -0.1) is 0 Å². The molecule has 4 atom stereocenters. The number of rotatable bonds is 5. The molecule has 2 N–H and O–H groups in total. The van der Waals surface area contributed by atoms with Crippen LogP contribution in [0.3, 0.4) is 0 Å². The zero-order valence-electron chi connectivity index (χ0n) is 16.9. The summed E-state index contributed by atoms with van der Waals surface area (Å²) in [7, 11) is 0. The molecule has 0 aromatic heterocycles. The Morgan fingerprint density at radius 2 is 0.929 bits per heavy atom. The molecular formula is C24H34O4. The highest BCUT2D eigenvalue weighted by molar-refractivity contribution is 5.68. The summed E-state index contributed by atoms with van der Waals surface area (Å²) in [5.41, 5.74) is 0.709. The second-order valence-electron chi connectivity index (χ2n) is 12.6. The quantitative estimate of drug-likeness (QED) is 0.688. The zero-order valence-corrected chi connectivity index (χ0v) is 16.9. The van der Waals surface area contributed by atoms with Crippen molar-refractivity contribution in [2.75, 3.05) is 0 Å². The van der Waals surface area contributed by atoms with Crippen LogP contribution >= 0.6 is 0 Å². The molecule has 0 aromatic carbocycles. The van der Waals surface area contributed by atoms with Crippen molar-refractivity contribution < 1.29 is 19.8 Å². The molecule has 0 aliphatic heterocycles. The van der Waals surface area contributed by atoms with Crippen LogP contribution in [0.1, 0.15) is 89.9 Å². The van der Waals surface area contributed by atoms with Gasteiger partial charge in [0.2, 0.25) is 0 Å². The van der Waals surface area contributed by atoms with E-state index >= 15 is 0 Å². The predicted molar refractivity (Wildman–Crippen MR) is 104 cm³/mol. The normalized spacial score (nSPS) is 55.6. The molecule has 0 heterocycles. The van der Waals surface area contributed by atoms with Gasteiger partial charge in [-0.2, -0.15) is 0 Å². The predicted octanol–water partition coefficient (Wildman–Crippen LogP) is 5.11. The average molecular weight is 387 g/mol. The minimum absolute atomic E-state index is 0.0409. The van der Waals surface area contributed by atoms with Crippen LogP contribution in [0.4, 0.5) is 0 Å². The van der Waals surface area contributed by atoms with Crippen molar-refractivity contribution in [3.63, 3.8) is 0 Å². The Hall–Kier alpha value is -1.06. The van der Waals surface area contributed by atoms with Gasteiger partial charge in [-0.25, -0.2) is 0 Å². The van der Waals surface area contributed by atoms with Crippen LogP contribution in [0.2, 0.25) is 0 Å². The highest BCUT2D eigenvalue weighted by Gasteiger charge is 2.69. The lowest BCUT2D eigenvalue weighted by Gasteiger charge is -2.74. The summed E-state index contributed by atoms with van der Waals surface area (Å²) in [6.07, 6.45) is 15.4. The van der Waals surface area contributed by atoms with Crippen molar-refractivity contribution in [1.29, 1.82) is 0 Å². The first-order valence-corrected chi connectivity index (χ1v) is 11.7. The first-order chi connectivity index (χ1) is 13.2. The van der Waals surface area contributed by atoms with Crippen molar-refractivity contribution in [3.05, 3.63) is 0 Å². The second kappa shape index (κ2) is 5.35. The average Bonchev–Trinajstić information content (AvgIpc) is 2.49. The number of aliphatic carboxylic acids is 2. The number of carboxylic acids is 2. The number of carboxylic acid groups (broad SMARTS) is 2. The van der Waals surface area contributed by atoms with Gasteiger partial charge in [-0.05, 0) is 122 Å². The van der Waals surface area contributed by atoms with Crippen LogP contribution in [0.5, 0.6) is 0 Å². The highest BCUT2D eigenvalue weighted by atomic mass is 16.4. The first kappa shape index (κ1) is 17.8. The Morgan fingerprint density at radius 3 is 1.21 bits per heavy atom. The van der Waals surface area contributed by atoms with Gasteiger partial charge in [0.25, 0.3) is 0 Å². The van der Waals surface area contributed by atoms with Gasteiger partial charge in [0.1, 0.15) is 0 Å². The summed E-state index contributed by atoms with van der Waals surface area (Å²) in [6.45, 7) is 0. The van der Waals surface area contributed by atoms with Crippen molar-refractivity contribution in [3.8, 4) is 0 Å². The number of hydrogen-bond donors (Lipinski definition) is 2. The minimum Gasteiger partial charge on any atom is -0.481 e. The third-order valence-corrected chi connectivity index (χ3v) is 10.5. The molecule has 4 unspecified atom stereocenters. The molecule has 4 nitrogen and oxygen atoms in total. The Bertz CT molecular complexity index is 649. The van der Waals surface area contributed by atoms with E-state index in [2.05, 4.69) is 0 Å². The van der Waals surface area contributed by atoms with Gasteiger partial charge in [0.05, 0.1) is 12.8 Å². The standard InChI is InChI=1S/C24H34O4/c25-19(26)11-21-3-15-1-16(4-21)8-23(7-15,13-21)24-9-17-2-18(10-24)6-22(5-17,14-24)12-20(27)28/h15-18H,1-14H2,(H,25,26)(H,27,28). The first-order valence-electron chi connectivity index (χ1n) is 11.7. The lowest BCUT2D eigenvalue weighted by Crippen LogP contribution is -2.64. The summed E-state index contributed by atoms with van der Waals surface area (Å²) in [5, 5.41) is 19.3. The van der Waals surface area contributed by atoms with E-state index < -0.39 is 11.9 Å². The topological polar surface area (TPSA) is 74.6 Å². The van der Waals surface area contributed by atoms with E-state index in [0.717, 1.165) is 62.2 Å². The van der Waals surface area contributed by atoms with Gasteiger partial charge in [-0.3, -0.25) is 9.59 Å². The Balaban J connectivity index is 1.40. The summed E-state index contributed by atoms with van der Waals surface area (Å²) in [5.74, 6) is 1.69. The van der Waals surface area contributed by atoms with Gasteiger partial charge >= 0.3 is 11.9 Å². The van der Waals surface area contributed by atoms with Crippen LogP contribution in [0, 0.1) is 45.3 Å². The lowest BCUT2D eigenvalue weighted by atomic mass is 9.31. The van der Waals surface area contributed by atoms with Crippen molar-refractivity contribution in [1.82, 2.24) is 0 Å². The van der Waals surface area contributed by atoms with E-state index in [0.29, 0.717) is 23.7 Å². The highest BCUT2D eigenvalue weighted by Crippen LogP contribution is 2.79. The molecule has 8 saturated carbocycles. The Kier molecular flexibility index (Phi) is 3.39. The molecule has 8 aliphatic rings. The summed E-state index contributed by atoms with van der Waals surface area (Å²) in [6, 6.07) is 0. The van der Waals surface area contributed by atoms with E-state index in [1.807, 2.05) is 0 Å². The van der Waals surface area contributed by atoms with Crippen LogP contribution in [-0.2, 0) is 9.59 Å². The molecule has 4 heteroatoms. The van der Waals surface area contributed by atoms with Gasteiger partial charge < -0.3 is 10.2 Å². The van der Waals surface area contributed by atoms with E-state index in [1.54, 1.807) is 0 Å². The smallest absolute Gasteiger partial charge is 0.303 e. The van der Waals surface area contributed by atoms with Gasteiger partial charge in [0, 0.05) is 0 Å². The maximum Gasteiger partial charge on any atom is 0.303 e. The molecule has 0 saturated heterocycles. The van der Waals surface area contributed by atoms with Gasteiger partial charge in [0.15, 0.2) is 0 Å². The largest absolute Gasteiger partial charge is 0.481 e. The van der Waals surface area contributed by atoms with E-state index in [9.17, 15) is 19.8 Å². The third kappa shape index (κ3) is 2.35. The second-order valence-corrected chi connectivity index (χ2v) is 12.6. The molecule has 8 aliphatic carbocycles. The summed E-state index contributed by atoms with van der Waals surface area (Å²) >= 11 is 0. The molecular weight excluding hydrogens is 352 g/mol. The van der Waals surface area contributed by atoms with Crippen molar-refractivity contribution >= 4 is 11.9 Å².